The fraction of sp³-hybridized carbons (Fsp3) is 0. The molecule has 0 fully saturated rings. The molecule has 2 N–H and O–H groups in total. The van der Waals surface area contributed by atoms with Gasteiger partial charge in [-0.1, -0.05) is 0 Å². The van der Waals surface area contributed by atoms with Crippen LogP contribution in [0.5, 0.6) is 0 Å². The van der Waals surface area contributed by atoms with E-state index in [1.807, 2.05) is 10.6 Å². The minimum absolute atomic E-state index is 0.521. The van der Waals surface area contributed by atoms with E-state index < -0.39 is 0 Å². The van der Waals surface area contributed by atoms with Crippen LogP contribution in [0.3, 0.4) is 0 Å². The van der Waals surface area contributed by atoms with Crippen molar-refractivity contribution in [2.45, 2.75) is 0 Å². The third-order valence-corrected chi connectivity index (χ3v) is 4.12. The lowest BCUT2D eigenvalue weighted by atomic mass is 10.3. The third kappa shape index (κ3) is 2.09. The monoisotopic (exact) mass is 461 g/mol. The lowest BCUT2D eigenvalue weighted by Crippen LogP contribution is -2.00. The number of fused-ring (bicyclic) bond motifs is 1. The molecule has 0 saturated carbocycles. The SMILES string of the molecule is Nc1nc2cc(I)ccc2n1-c1ccc(I)cc1. The van der Waals surface area contributed by atoms with Crippen LogP contribution >= 0.6 is 45.2 Å². The van der Waals surface area contributed by atoms with E-state index in [0.29, 0.717) is 5.95 Å². The van der Waals surface area contributed by atoms with Gasteiger partial charge in [-0.2, -0.15) is 0 Å². The van der Waals surface area contributed by atoms with Gasteiger partial charge in [0.1, 0.15) is 0 Å². The Bertz CT molecular complexity index is 717. The smallest absolute Gasteiger partial charge is 0.205 e. The lowest BCUT2D eigenvalue weighted by molar-refractivity contribution is 1.11. The maximum Gasteiger partial charge on any atom is 0.205 e. The van der Waals surface area contributed by atoms with Gasteiger partial charge in [0.05, 0.1) is 11.0 Å². The number of hydrogen-bond donors (Lipinski definition) is 1. The molecule has 0 atom stereocenters. The summed E-state index contributed by atoms with van der Waals surface area (Å²) in [5, 5.41) is 0. The van der Waals surface area contributed by atoms with Gasteiger partial charge in [-0.15, -0.1) is 0 Å². The summed E-state index contributed by atoms with van der Waals surface area (Å²) in [7, 11) is 0. The first-order valence-corrected chi connectivity index (χ1v) is 7.50. The van der Waals surface area contributed by atoms with Crippen molar-refractivity contribution in [1.82, 2.24) is 9.55 Å². The number of rotatable bonds is 1. The number of imidazole rings is 1. The molecule has 0 spiro atoms. The first-order chi connectivity index (χ1) is 8.65. The van der Waals surface area contributed by atoms with Gasteiger partial charge >= 0.3 is 0 Å². The quantitative estimate of drug-likeness (QED) is 0.561. The number of halogens is 2. The molecule has 0 aliphatic heterocycles. The van der Waals surface area contributed by atoms with Gasteiger partial charge in [-0.05, 0) is 87.6 Å². The predicted octanol–water partition coefficient (Wildman–Crippen LogP) is 3.82. The summed E-state index contributed by atoms with van der Waals surface area (Å²) < 4.78 is 4.34. The van der Waals surface area contributed by atoms with Crippen LogP contribution in [0.4, 0.5) is 5.95 Å². The Kier molecular flexibility index (Phi) is 3.18. The van der Waals surface area contributed by atoms with E-state index in [0.717, 1.165) is 20.3 Å². The lowest BCUT2D eigenvalue weighted by Gasteiger charge is -2.06. The molecular weight excluding hydrogens is 452 g/mol. The highest BCUT2D eigenvalue weighted by Gasteiger charge is 2.09. The van der Waals surface area contributed by atoms with E-state index >= 15 is 0 Å². The molecule has 0 unspecified atom stereocenters. The van der Waals surface area contributed by atoms with Crippen molar-refractivity contribution in [2.75, 3.05) is 5.73 Å². The Morgan fingerprint density at radius 3 is 2.33 bits per heavy atom. The highest BCUT2D eigenvalue weighted by atomic mass is 127. The average Bonchev–Trinajstić information content (AvgIpc) is 2.65. The van der Waals surface area contributed by atoms with Gasteiger partial charge < -0.3 is 5.73 Å². The number of nitrogen functional groups attached to an aromatic ring is 1. The first kappa shape index (κ1) is 12.2. The molecule has 18 heavy (non-hydrogen) atoms. The molecule has 2 aromatic carbocycles. The summed E-state index contributed by atoms with van der Waals surface area (Å²) in [6.07, 6.45) is 0. The normalized spacial score (nSPS) is 11.0. The molecule has 0 radical (unpaired) electrons. The zero-order chi connectivity index (χ0) is 12.7. The van der Waals surface area contributed by atoms with Gasteiger partial charge in [0, 0.05) is 12.8 Å². The Balaban J connectivity index is 2.28. The maximum atomic E-state index is 6.02. The number of benzene rings is 2. The zero-order valence-electron chi connectivity index (χ0n) is 9.27. The summed E-state index contributed by atoms with van der Waals surface area (Å²) in [6.45, 7) is 0. The van der Waals surface area contributed by atoms with Crippen molar-refractivity contribution < 1.29 is 0 Å². The Morgan fingerprint density at radius 1 is 0.944 bits per heavy atom. The number of aromatic nitrogens is 2. The predicted molar refractivity (Wildman–Crippen MR) is 90.9 cm³/mol. The Morgan fingerprint density at radius 2 is 1.61 bits per heavy atom. The molecule has 0 saturated heterocycles. The second-order valence-electron chi connectivity index (χ2n) is 3.91. The van der Waals surface area contributed by atoms with Gasteiger partial charge in [-0.25, -0.2) is 4.98 Å². The van der Waals surface area contributed by atoms with Gasteiger partial charge in [0.15, 0.2) is 0 Å². The Labute approximate surface area is 132 Å². The maximum absolute atomic E-state index is 6.02. The van der Waals surface area contributed by atoms with Crippen LogP contribution in [0.15, 0.2) is 42.5 Å². The van der Waals surface area contributed by atoms with Gasteiger partial charge in [0.25, 0.3) is 0 Å². The highest BCUT2D eigenvalue weighted by molar-refractivity contribution is 14.1. The fourth-order valence-electron chi connectivity index (χ4n) is 1.93. The topological polar surface area (TPSA) is 43.8 Å². The third-order valence-electron chi connectivity index (χ3n) is 2.73. The molecule has 3 aromatic rings. The van der Waals surface area contributed by atoms with E-state index in [9.17, 15) is 0 Å². The van der Waals surface area contributed by atoms with Crippen LogP contribution < -0.4 is 5.73 Å². The molecule has 0 aliphatic carbocycles. The number of hydrogen-bond acceptors (Lipinski definition) is 2. The molecule has 3 nitrogen and oxygen atoms in total. The molecule has 0 amide bonds. The zero-order valence-corrected chi connectivity index (χ0v) is 13.6. The molecule has 1 aromatic heterocycles. The molecular formula is C13H9I2N3. The number of anilines is 1. The van der Waals surface area contributed by atoms with Crippen molar-refractivity contribution in [3.05, 3.63) is 49.6 Å². The summed E-state index contributed by atoms with van der Waals surface area (Å²) in [4.78, 5) is 4.41. The summed E-state index contributed by atoms with van der Waals surface area (Å²) in [5.41, 5.74) is 9.02. The minimum atomic E-state index is 0.521. The summed E-state index contributed by atoms with van der Waals surface area (Å²) in [5.74, 6) is 0.521. The molecule has 0 aliphatic rings. The number of nitrogens with two attached hydrogens (primary N) is 1. The van der Waals surface area contributed by atoms with E-state index in [2.05, 4.69) is 86.6 Å². The second-order valence-corrected chi connectivity index (χ2v) is 6.41. The van der Waals surface area contributed by atoms with Crippen LogP contribution in [0, 0.1) is 7.14 Å². The average molecular weight is 461 g/mol. The van der Waals surface area contributed by atoms with Crippen LogP contribution in [0.1, 0.15) is 0 Å². The molecule has 5 heteroatoms. The number of nitrogens with zero attached hydrogens (tertiary/aromatic N) is 2. The molecule has 0 bridgehead atoms. The molecule has 1 heterocycles. The first-order valence-electron chi connectivity index (χ1n) is 5.34. The van der Waals surface area contributed by atoms with Crippen LogP contribution in [-0.4, -0.2) is 9.55 Å². The van der Waals surface area contributed by atoms with Crippen LogP contribution in [0.2, 0.25) is 0 Å². The van der Waals surface area contributed by atoms with Crippen molar-refractivity contribution in [2.24, 2.45) is 0 Å². The van der Waals surface area contributed by atoms with Crippen molar-refractivity contribution in [1.29, 1.82) is 0 Å². The van der Waals surface area contributed by atoms with E-state index in [1.165, 1.54) is 3.57 Å². The molecule has 3 rings (SSSR count). The van der Waals surface area contributed by atoms with Crippen LogP contribution in [-0.2, 0) is 0 Å². The highest BCUT2D eigenvalue weighted by Crippen LogP contribution is 2.24. The fourth-order valence-corrected chi connectivity index (χ4v) is 2.77. The van der Waals surface area contributed by atoms with Gasteiger partial charge in [-0.3, -0.25) is 4.57 Å². The van der Waals surface area contributed by atoms with E-state index in [4.69, 9.17) is 5.73 Å². The van der Waals surface area contributed by atoms with E-state index in [-0.39, 0.29) is 0 Å². The Hall–Kier alpha value is -0.830. The van der Waals surface area contributed by atoms with Crippen LogP contribution in [0.25, 0.3) is 16.7 Å². The minimum Gasteiger partial charge on any atom is -0.369 e. The van der Waals surface area contributed by atoms with Crippen molar-refractivity contribution in [3.63, 3.8) is 0 Å². The van der Waals surface area contributed by atoms with E-state index in [1.54, 1.807) is 0 Å². The van der Waals surface area contributed by atoms with Crippen molar-refractivity contribution in [3.8, 4) is 5.69 Å². The molecule has 90 valence electrons. The second kappa shape index (κ2) is 4.69. The summed E-state index contributed by atoms with van der Waals surface area (Å²) >= 11 is 4.57. The largest absolute Gasteiger partial charge is 0.369 e. The standard InChI is InChI=1S/C13H9I2N3/c14-8-1-4-10(5-2-8)18-12-6-3-9(15)7-11(12)17-13(18)16/h1-7H,(H2,16,17). The van der Waals surface area contributed by atoms with Crippen molar-refractivity contribution >= 4 is 62.2 Å². The van der Waals surface area contributed by atoms with Gasteiger partial charge in [0.2, 0.25) is 5.95 Å². The summed E-state index contributed by atoms with van der Waals surface area (Å²) in [6, 6.07) is 14.4.